The highest BCUT2D eigenvalue weighted by Crippen LogP contribution is 2.24. The van der Waals surface area contributed by atoms with Crippen LogP contribution in [0.5, 0.6) is 0 Å². The number of aromatic nitrogens is 4. The summed E-state index contributed by atoms with van der Waals surface area (Å²) in [6.07, 6.45) is 5.25. The van der Waals surface area contributed by atoms with Crippen LogP contribution in [0.4, 0.5) is 0 Å². The van der Waals surface area contributed by atoms with Crippen LogP contribution in [0, 0.1) is 0 Å². The number of hydrogen-bond donors (Lipinski definition) is 0. The van der Waals surface area contributed by atoms with E-state index in [1.165, 1.54) is 11.8 Å². The van der Waals surface area contributed by atoms with Crippen molar-refractivity contribution in [3.05, 3.63) is 73.1 Å². The molecule has 0 aliphatic heterocycles. The lowest BCUT2D eigenvalue weighted by Crippen LogP contribution is -2.37. The molecule has 3 aromatic rings. The second kappa shape index (κ2) is 10.0. The van der Waals surface area contributed by atoms with E-state index >= 15 is 0 Å². The average molecular weight is 408 g/mol. The Bertz CT molecular complexity index is 940. The zero-order chi connectivity index (χ0) is 20.6. The third kappa shape index (κ3) is 5.32. The molecule has 29 heavy (non-hydrogen) atoms. The summed E-state index contributed by atoms with van der Waals surface area (Å²) in [7, 11) is 0. The Kier molecular flexibility index (Phi) is 7.19. The molecule has 0 bridgehead atoms. The maximum atomic E-state index is 12.9. The normalized spacial score (nSPS) is 10.9. The van der Waals surface area contributed by atoms with Gasteiger partial charge in [-0.05, 0) is 31.5 Å². The van der Waals surface area contributed by atoms with Gasteiger partial charge in [0, 0.05) is 37.1 Å². The summed E-state index contributed by atoms with van der Waals surface area (Å²) in [5.41, 5.74) is 2.05. The fourth-order valence-corrected chi connectivity index (χ4v) is 3.79. The zero-order valence-electron chi connectivity index (χ0n) is 16.7. The molecular formula is C22H25N5OS. The van der Waals surface area contributed by atoms with Crippen LogP contribution in [0.25, 0.3) is 11.4 Å². The molecule has 0 atom stereocenters. The molecule has 6 nitrogen and oxygen atoms in total. The van der Waals surface area contributed by atoms with E-state index in [0.717, 1.165) is 17.0 Å². The highest BCUT2D eigenvalue weighted by atomic mass is 32.2. The van der Waals surface area contributed by atoms with Crippen LogP contribution in [0.1, 0.15) is 19.4 Å². The molecular weight excluding hydrogens is 382 g/mol. The van der Waals surface area contributed by atoms with Gasteiger partial charge in [0.15, 0.2) is 11.0 Å². The molecule has 0 spiro atoms. The van der Waals surface area contributed by atoms with Gasteiger partial charge in [0.1, 0.15) is 0 Å². The minimum absolute atomic E-state index is 0.0764. The Labute approximate surface area is 175 Å². The maximum absolute atomic E-state index is 12.9. The molecule has 0 radical (unpaired) electrons. The number of allylic oxidation sites excluding steroid dienone is 1. The molecule has 0 saturated carbocycles. The second-order valence-electron chi connectivity index (χ2n) is 6.83. The Hall–Kier alpha value is -2.93. The van der Waals surface area contributed by atoms with Gasteiger partial charge >= 0.3 is 0 Å². The van der Waals surface area contributed by atoms with Crippen LogP contribution in [-0.2, 0) is 17.9 Å². The molecule has 0 aliphatic rings. The van der Waals surface area contributed by atoms with Crippen molar-refractivity contribution in [3.8, 4) is 11.4 Å². The van der Waals surface area contributed by atoms with E-state index in [0.29, 0.717) is 24.0 Å². The van der Waals surface area contributed by atoms with Crippen molar-refractivity contribution in [2.24, 2.45) is 0 Å². The SMILES string of the molecule is C=CCn1c(SCC(=O)N(Cc2ccccc2)C(C)C)nnc1-c1ccncc1. The van der Waals surface area contributed by atoms with E-state index in [-0.39, 0.29) is 11.9 Å². The maximum Gasteiger partial charge on any atom is 0.233 e. The van der Waals surface area contributed by atoms with Crippen molar-refractivity contribution in [2.75, 3.05) is 5.75 Å². The summed E-state index contributed by atoms with van der Waals surface area (Å²) >= 11 is 1.40. The molecule has 2 heterocycles. The molecule has 0 unspecified atom stereocenters. The molecule has 7 heteroatoms. The van der Waals surface area contributed by atoms with Crippen LogP contribution in [0.2, 0.25) is 0 Å². The van der Waals surface area contributed by atoms with E-state index in [4.69, 9.17) is 0 Å². The first kappa shape index (κ1) is 20.8. The van der Waals surface area contributed by atoms with Crippen molar-refractivity contribution >= 4 is 17.7 Å². The van der Waals surface area contributed by atoms with Crippen molar-refractivity contribution in [2.45, 2.75) is 38.1 Å². The van der Waals surface area contributed by atoms with E-state index in [1.54, 1.807) is 18.5 Å². The van der Waals surface area contributed by atoms with E-state index in [2.05, 4.69) is 21.8 Å². The third-order valence-corrected chi connectivity index (χ3v) is 5.38. The number of carbonyl (C=O) groups excluding carboxylic acids is 1. The quantitative estimate of drug-likeness (QED) is 0.395. The van der Waals surface area contributed by atoms with Crippen molar-refractivity contribution < 1.29 is 4.79 Å². The lowest BCUT2D eigenvalue weighted by molar-refractivity contribution is -0.130. The first-order chi connectivity index (χ1) is 14.1. The summed E-state index contributed by atoms with van der Waals surface area (Å²) in [5.74, 6) is 1.12. The largest absolute Gasteiger partial charge is 0.335 e. The highest BCUT2D eigenvalue weighted by Gasteiger charge is 2.20. The molecule has 0 fully saturated rings. The summed E-state index contributed by atoms with van der Waals surface area (Å²) < 4.78 is 1.97. The van der Waals surface area contributed by atoms with Gasteiger partial charge in [-0.3, -0.25) is 14.3 Å². The number of carbonyl (C=O) groups is 1. The third-order valence-electron chi connectivity index (χ3n) is 4.43. The van der Waals surface area contributed by atoms with Crippen molar-refractivity contribution in [1.82, 2.24) is 24.6 Å². The molecule has 3 rings (SSSR count). The van der Waals surface area contributed by atoms with Crippen LogP contribution in [0.15, 0.2) is 72.7 Å². The summed E-state index contributed by atoms with van der Waals surface area (Å²) in [4.78, 5) is 18.9. The van der Waals surface area contributed by atoms with Crippen LogP contribution < -0.4 is 0 Å². The minimum Gasteiger partial charge on any atom is -0.335 e. The molecule has 1 aromatic carbocycles. The number of nitrogens with zero attached hydrogens (tertiary/aromatic N) is 5. The fraction of sp³-hybridized carbons (Fsp3) is 0.273. The second-order valence-corrected chi connectivity index (χ2v) is 7.77. The zero-order valence-corrected chi connectivity index (χ0v) is 17.5. The van der Waals surface area contributed by atoms with Gasteiger partial charge < -0.3 is 4.90 Å². The molecule has 0 N–H and O–H groups in total. The van der Waals surface area contributed by atoms with Gasteiger partial charge in [0.05, 0.1) is 5.75 Å². The molecule has 1 amide bonds. The van der Waals surface area contributed by atoms with E-state index in [1.807, 2.05) is 65.8 Å². The van der Waals surface area contributed by atoms with Gasteiger partial charge in [-0.25, -0.2) is 0 Å². The van der Waals surface area contributed by atoms with Gasteiger partial charge in [-0.15, -0.1) is 16.8 Å². The fourth-order valence-electron chi connectivity index (χ4n) is 2.95. The lowest BCUT2D eigenvalue weighted by Gasteiger charge is -2.26. The Morgan fingerprint density at radius 1 is 1.17 bits per heavy atom. The highest BCUT2D eigenvalue weighted by molar-refractivity contribution is 7.99. The number of pyridine rings is 1. The van der Waals surface area contributed by atoms with Gasteiger partial charge in [-0.1, -0.05) is 48.2 Å². The topological polar surface area (TPSA) is 63.9 Å². The molecule has 0 aliphatic carbocycles. The molecule has 2 aromatic heterocycles. The van der Waals surface area contributed by atoms with E-state index in [9.17, 15) is 4.79 Å². The summed E-state index contributed by atoms with van der Waals surface area (Å²) in [5, 5.41) is 9.33. The standard InChI is InChI=1S/C22H25N5OS/c1-4-14-26-21(19-10-12-23-13-11-19)24-25-22(26)29-16-20(28)27(17(2)3)15-18-8-6-5-7-9-18/h4-13,17H,1,14-16H2,2-3H3. The smallest absolute Gasteiger partial charge is 0.233 e. The predicted octanol–water partition coefficient (Wildman–Crippen LogP) is 4.06. The van der Waals surface area contributed by atoms with Crippen LogP contribution >= 0.6 is 11.8 Å². The lowest BCUT2D eigenvalue weighted by atomic mass is 10.2. The number of hydrogen-bond acceptors (Lipinski definition) is 5. The number of thioether (sulfide) groups is 1. The summed E-state index contributed by atoms with van der Waals surface area (Å²) in [6, 6.07) is 13.9. The van der Waals surface area contributed by atoms with Crippen molar-refractivity contribution in [1.29, 1.82) is 0 Å². The first-order valence-corrected chi connectivity index (χ1v) is 10.5. The van der Waals surface area contributed by atoms with Crippen molar-refractivity contribution in [3.63, 3.8) is 0 Å². The van der Waals surface area contributed by atoms with E-state index < -0.39 is 0 Å². The average Bonchev–Trinajstić information content (AvgIpc) is 3.14. The molecule has 0 saturated heterocycles. The number of benzene rings is 1. The summed E-state index contributed by atoms with van der Waals surface area (Å²) in [6.45, 7) is 9.07. The van der Waals surface area contributed by atoms with Gasteiger partial charge in [0.25, 0.3) is 0 Å². The Morgan fingerprint density at radius 2 is 1.90 bits per heavy atom. The van der Waals surface area contributed by atoms with Gasteiger partial charge in [-0.2, -0.15) is 0 Å². The minimum atomic E-state index is 0.0764. The monoisotopic (exact) mass is 407 g/mol. The number of rotatable bonds is 9. The molecule has 150 valence electrons. The Balaban J connectivity index is 1.73. The predicted molar refractivity (Wildman–Crippen MR) is 116 cm³/mol. The Morgan fingerprint density at radius 3 is 2.55 bits per heavy atom. The van der Waals surface area contributed by atoms with Crippen LogP contribution in [0.3, 0.4) is 0 Å². The van der Waals surface area contributed by atoms with Crippen LogP contribution in [-0.4, -0.2) is 42.4 Å². The van der Waals surface area contributed by atoms with Gasteiger partial charge in [0.2, 0.25) is 5.91 Å². The number of amides is 1. The first-order valence-electron chi connectivity index (χ1n) is 9.51.